The molecule has 1 amide bonds. The standard InChI is InChI=1S/C23H27N5O4S/c1-16-13-17(2)27-23(26-16)28-20-6-4-5-19(14-20)22(29)24-15-18-7-9-21(10-8-18)33(30,31)25-11-12-32-3/h4-10,13-14,25H,11-12,15H2,1-3H3,(H,24,29)(H,26,27,28). The van der Waals surface area contributed by atoms with Gasteiger partial charge in [0.2, 0.25) is 16.0 Å². The summed E-state index contributed by atoms with van der Waals surface area (Å²) in [6.45, 7) is 4.53. The topological polar surface area (TPSA) is 122 Å². The van der Waals surface area contributed by atoms with Gasteiger partial charge in [0, 0.05) is 42.8 Å². The number of hydrogen-bond acceptors (Lipinski definition) is 7. The van der Waals surface area contributed by atoms with Crippen molar-refractivity contribution in [2.75, 3.05) is 25.6 Å². The Kier molecular flexibility index (Phi) is 8.10. The van der Waals surface area contributed by atoms with Gasteiger partial charge in [0.1, 0.15) is 0 Å². The lowest BCUT2D eigenvalue weighted by Gasteiger charge is -2.10. The molecule has 0 saturated carbocycles. The minimum absolute atomic E-state index is 0.154. The van der Waals surface area contributed by atoms with Gasteiger partial charge in [0.05, 0.1) is 11.5 Å². The van der Waals surface area contributed by atoms with Crippen LogP contribution in [0.1, 0.15) is 27.3 Å². The predicted molar refractivity (Wildman–Crippen MR) is 126 cm³/mol. The first kappa shape index (κ1) is 24.3. The number of rotatable bonds is 10. The van der Waals surface area contributed by atoms with Gasteiger partial charge < -0.3 is 15.4 Å². The first-order valence-electron chi connectivity index (χ1n) is 10.3. The summed E-state index contributed by atoms with van der Waals surface area (Å²) >= 11 is 0. The minimum atomic E-state index is -3.59. The molecule has 0 spiro atoms. The van der Waals surface area contributed by atoms with Crippen LogP contribution in [0.25, 0.3) is 0 Å². The van der Waals surface area contributed by atoms with E-state index < -0.39 is 10.0 Å². The Morgan fingerprint density at radius 2 is 1.70 bits per heavy atom. The first-order chi connectivity index (χ1) is 15.8. The van der Waals surface area contributed by atoms with E-state index in [9.17, 15) is 13.2 Å². The number of hydrogen-bond donors (Lipinski definition) is 3. The molecule has 3 rings (SSSR count). The molecule has 174 valence electrons. The number of nitrogens with one attached hydrogen (secondary N) is 3. The number of sulfonamides is 1. The third kappa shape index (κ3) is 7.07. The summed E-state index contributed by atoms with van der Waals surface area (Å²) < 4.78 is 31.7. The van der Waals surface area contributed by atoms with E-state index >= 15 is 0 Å². The van der Waals surface area contributed by atoms with E-state index in [4.69, 9.17) is 4.74 Å². The molecule has 0 fully saturated rings. The van der Waals surface area contributed by atoms with Gasteiger partial charge in [-0.1, -0.05) is 18.2 Å². The minimum Gasteiger partial charge on any atom is -0.383 e. The van der Waals surface area contributed by atoms with E-state index in [2.05, 4.69) is 25.3 Å². The van der Waals surface area contributed by atoms with E-state index in [1.165, 1.54) is 19.2 Å². The molecule has 1 heterocycles. The largest absolute Gasteiger partial charge is 0.383 e. The zero-order chi connectivity index (χ0) is 23.8. The molecular weight excluding hydrogens is 442 g/mol. The number of benzene rings is 2. The zero-order valence-corrected chi connectivity index (χ0v) is 19.6. The van der Waals surface area contributed by atoms with Gasteiger partial charge in [-0.25, -0.2) is 23.1 Å². The Bertz CT molecular complexity index is 1190. The van der Waals surface area contributed by atoms with Gasteiger partial charge in [0.25, 0.3) is 5.91 Å². The fourth-order valence-electron chi connectivity index (χ4n) is 3.08. The zero-order valence-electron chi connectivity index (χ0n) is 18.8. The predicted octanol–water partition coefficient (Wildman–Crippen LogP) is 2.69. The van der Waals surface area contributed by atoms with Crippen LogP contribution in [0.5, 0.6) is 0 Å². The van der Waals surface area contributed by atoms with Crippen LogP contribution in [0.15, 0.2) is 59.5 Å². The number of carbonyl (C=O) groups excluding carboxylic acids is 1. The summed E-state index contributed by atoms with van der Waals surface area (Å²) in [5, 5.41) is 5.97. The molecule has 0 aliphatic carbocycles. The van der Waals surface area contributed by atoms with Crippen molar-refractivity contribution >= 4 is 27.6 Å². The molecule has 0 bridgehead atoms. The molecule has 3 aromatic rings. The maximum Gasteiger partial charge on any atom is 0.251 e. The molecule has 33 heavy (non-hydrogen) atoms. The molecule has 10 heteroatoms. The van der Waals surface area contributed by atoms with Crippen molar-refractivity contribution in [2.45, 2.75) is 25.3 Å². The maximum absolute atomic E-state index is 12.6. The van der Waals surface area contributed by atoms with E-state index in [-0.39, 0.29) is 30.5 Å². The molecule has 0 unspecified atom stereocenters. The Labute approximate surface area is 193 Å². The second-order valence-corrected chi connectivity index (χ2v) is 9.16. The van der Waals surface area contributed by atoms with Gasteiger partial charge in [-0.15, -0.1) is 0 Å². The Morgan fingerprint density at radius 3 is 2.36 bits per heavy atom. The number of nitrogens with zero attached hydrogens (tertiary/aromatic N) is 2. The molecule has 1 aromatic heterocycles. The van der Waals surface area contributed by atoms with Gasteiger partial charge in [0.15, 0.2) is 0 Å². The molecular formula is C23H27N5O4S. The molecule has 9 nitrogen and oxygen atoms in total. The summed E-state index contributed by atoms with van der Waals surface area (Å²) in [5.41, 5.74) is 3.65. The lowest BCUT2D eigenvalue weighted by molar-refractivity contribution is 0.0951. The van der Waals surface area contributed by atoms with Crippen LogP contribution < -0.4 is 15.4 Å². The third-order valence-corrected chi connectivity index (χ3v) is 6.13. The Balaban J connectivity index is 1.60. The summed E-state index contributed by atoms with van der Waals surface area (Å²) in [6, 6.07) is 15.3. The molecule has 0 radical (unpaired) electrons. The van der Waals surface area contributed by atoms with Crippen molar-refractivity contribution in [3.05, 3.63) is 77.1 Å². The Morgan fingerprint density at radius 1 is 1.00 bits per heavy atom. The number of aromatic nitrogens is 2. The number of aryl methyl sites for hydroxylation is 2. The van der Waals surface area contributed by atoms with Crippen LogP contribution in [0.2, 0.25) is 0 Å². The average molecular weight is 470 g/mol. The highest BCUT2D eigenvalue weighted by molar-refractivity contribution is 7.89. The number of amides is 1. The van der Waals surface area contributed by atoms with Crippen molar-refractivity contribution in [2.24, 2.45) is 0 Å². The molecule has 0 aliphatic rings. The summed E-state index contributed by atoms with van der Waals surface area (Å²) in [6.07, 6.45) is 0. The molecule has 0 saturated heterocycles. The summed E-state index contributed by atoms with van der Waals surface area (Å²) in [4.78, 5) is 21.5. The van der Waals surface area contributed by atoms with Crippen molar-refractivity contribution in [3.8, 4) is 0 Å². The molecule has 3 N–H and O–H groups in total. The molecule has 0 atom stereocenters. The third-order valence-electron chi connectivity index (χ3n) is 4.65. The first-order valence-corrected chi connectivity index (χ1v) is 11.8. The van der Waals surface area contributed by atoms with Crippen molar-refractivity contribution < 1.29 is 17.9 Å². The molecule has 2 aromatic carbocycles. The monoisotopic (exact) mass is 469 g/mol. The van der Waals surface area contributed by atoms with Crippen molar-refractivity contribution in [1.82, 2.24) is 20.0 Å². The maximum atomic E-state index is 12.6. The van der Waals surface area contributed by atoms with E-state index in [1.807, 2.05) is 26.0 Å². The second-order valence-electron chi connectivity index (χ2n) is 7.40. The highest BCUT2D eigenvalue weighted by Gasteiger charge is 2.13. The average Bonchev–Trinajstić information content (AvgIpc) is 2.77. The van der Waals surface area contributed by atoms with Gasteiger partial charge in [-0.3, -0.25) is 4.79 Å². The number of carbonyl (C=O) groups is 1. The van der Waals surface area contributed by atoms with Crippen molar-refractivity contribution in [3.63, 3.8) is 0 Å². The normalized spacial score (nSPS) is 11.2. The lowest BCUT2D eigenvalue weighted by Crippen LogP contribution is -2.27. The summed E-state index contributed by atoms with van der Waals surface area (Å²) in [5.74, 6) is 0.217. The lowest BCUT2D eigenvalue weighted by atomic mass is 10.1. The summed E-state index contributed by atoms with van der Waals surface area (Å²) in [7, 11) is -2.09. The number of anilines is 2. The highest BCUT2D eigenvalue weighted by Crippen LogP contribution is 2.16. The smallest absolute Gasteiger partial charge is 0.251 e. The number of methoxy groups -OCH3 is 1. The van der Waals surface area contributed by atoms with Gasteiger partial charge >= 0.3 is 0 Å². The van der Waals surface area contributed by atoms with E-state index in [1.54, 1.807) is 30.3 Å². The van der Waals surface area contributed by atoms with E-state index in [0.29, 0.717) is 17.2 Å². The Hall–Kier alpha value is -3.34. The fourth-order valence-corrected chi connectivity index (χ4v) is 4.09. The van der Waals surface area contributed by atoms with Crippen LogP contribution >= 0.6 is 0 Å². The van der Waals surface area contributed by atoms with Crippen molar-refractivity contribution in [1.29, 1.82) is 0 Å². The van der Waals surface area contributed by atoms with E-state index in [0.717, 1.165) is 17.0 Å². The van der Waals surface area contributed by atoms with Crippen LogP contribution in [-0.2, 0) is 21.3 Å². The number of ether oxygens (including phenoxy) is 1. The van der Waals surface area contributed by atoms with Crippen LogP contribution in [-0.4, -0.2) is 44.6 Å². The second kappa shape index (κ2) is 11.0. The fraction of sp³-hybridized carbons (Fsp3) is 0.261. The molecule has 0 aliphatic heterocycles. The van der Waals surface area contributed by atoms with Gasteiger partial charge in [-0.05, 0) is 55.8 Å². The SMILES string of the molecule is COCCNS(=O)(=O)c1ccc(CNC(=O)c2cccc(Nc3nc(C)cc(C)n3)c2)cc1. The quantitative estimate of drug-likeness (QED) is 0.390. The van der Waals surface area contributed by atoms with Crippen LogP contribution in [0.3, 0.4) is 0 Å². The van der Waals surface area contributed by atoms with Crippen LogP contribution in [0, 0.1) is 13.8 Å². The van der Waals surface area contributed by atoms with Crippen LogP contribution in [0.4, 0.5) is 11.6 Å². The van der Waals surface area contributed by atoms with Gasteiger partial charge in [-0.2, -0.15) is 0 Å². The highest BCUT2D eigenvalue weighted by atomic mass is 32.2.